The van der Waals surface area contributed by atoms with E-state index in [4.69, 9.17) is 4.74 Å². The fraction of sp³-hybridized carbons (Fsp3) is 0.619. The molecule has 0 aromatic rings. The molecule has 1 unspecified atom stereocenters. The third kappa shape index (κ3) is 6.86. The maximum absolute atomic E-state index is 6.20. The fourth-order valence-electron chi connectivity index (χ4n) is 3.53. The molecular weight excluding hydrogens is 395 g/mol. The average molecular weight is 426 g/mol. The Balaban J connectivity index is 1.63. The van der Waals surface area contributed by atoms with Crippen molar-refractivity contribution in [2.45, 2.75) is 64.4 Å². The molecule has 1 atom stereocenters. The second kappa shape index (κ2) is 10.4. The Kier molecular flexibility index (Phi) is 8.49. The minimum atomic E-state index is 0.445. The third-order valence-corrected chi connectivity index (χ3v) is 6.17. The number of ether oxygens (including phenoxy) is 1. The molecule has 0 N–H and O–H groups in total. The van der Waals surface area contributed by atoms with Gasteiger partial charge >= 0.3 is 0 Å². The summed E-state index contributed by atoms with van der Waals surface area (Å²) in [5, 5.41) is 0. The van der Waals surface area contributed by atoms with Crippen molar-refractivity contribution >= 4 is 22.6 Å². The van der Waals surface area contributed by atoms with Crippen molar-refractivity contribution in [1.29, 1.82) is 0 Å². The monoisotopic (exact) mass is 426 g/mol. The summed E-state index contributed by atoms with van der Waals surface area (Å²) < 4.78 is 7.40. The van der Waals surface area contributed by atoms with Crippen molar-refractivity contribution in [3.05, 3.63) is 48.3 Å². The molecule has 0 radical (unpaired) electrons. The minimum Gasteiger partial charge on any atom is -0.491 e. The molecular formula is C21H31IO. The standard InChI is InChI=1S/C21H31IO/c1-3-5-17(2)6-4-7-18-8-12-20(13-9-18)23-21-14-10-19(16-22)11-15-21/h3,5,10,14-15,18-20H,1,4,6-9,11-13,16H2,2H3/b17-5-. The molecule has 1 fully saturated rings. The van der Waals surface area contributed by atoms with E-state index in [1.165, 1.54) is 54.9 Å². The van der Waals surface area contributed by atoms with E-state index in [9.17, 15) is 0 Å². The zero-order valence-corrected chi connectivity index (χ0v) is 16.6. The number of hydrogen-bond donors (Lipinski definition) is 0. The van der Waals surface area contributed by atoms with Crippen LogP contribution in [-0.4, -0.2) is 10.5 Å². The van der Waals surface area contributed by atoms with E-state index in [1.807, 2.05) is 6.08 Å². The lowest BCUT2D eigenvalue weighted by Gasteiger charge is -2.30. The van der Waals surface area contributed by atoms with Crippen LogP contribution < -0.4 is 0 Å². The van der Waals surface area contributed by atoms with E-state index in [2.05, 4.69) is 60.4 Å². The van der Waals surface area contributed by atoms with Gasteiger partial charge in [0.2, 0.25) is 0 Å². The van der Waals surface area contributed by atoms with Crippen LogP contribution >= 0.6 is 22.6 Å². The van der Waals surface area contributed by atoms with E-state index in [0.717, 1.165) is 18.1 Å². The highest BCUT2D eigenvalue weighted by Crippen LogP contribution is 2.32. The summed E-state index contributed by atoms with van der Waals surface area (Å²) >= 11 is 2.46. The first-order valence-electron chi connectivity index (χ1n) is 9.10. The molecule has 23 heavy (non-hydrogen) atoms. The lowest BCUT2D eigenvalue weighted by molar-refractivity contribution is 0.0710. The van der Waals surface area contributed by atoms with Gasteiger partial charge in [-0.3, -0.25) is 0 Å². The molecule has 1 saturated carbocycles. The maximum atomic E-state index is 6.20. The molecule has 0 bridgehead atoms. The molecule has 0 amide bonds. The van der Waals surface area contributed by atoms with Gasteiger partial charge < -0.3 is 4.74 Å². The SMILES string of the molecule is C=C/C=C(/C)CCCC1CCC(OC2=CCC(CI)C=C2)CC1. The summed E-state index contributed by atoms with van der Waals surface area (Å²) in [5.41, 5.74) is 1.46. The van der Waals surface area contributed by atoms with Crippen molar-refractivity contribution in [2.75, 3.05) is 4.43 Å². The van der Waals surface area contributed by atoms with Gasteiger partial charge in [0.1, 0.15) is 5.76 Å². The van der Waals surface area contributed by atoms with Crippen LogP contribution in [0, 0.1) is 11.8 Å². The van der Waals surface area contributed by atoms with Crippen LogP contribution in [0.1, 0.15) is 58.3 Å². The van der Waals surface area contributed by atoms with Gasteiger partial charge in [-0.15, -0.1) is 0 Å². The molecule has 0 spiro atoms. The van der Waals surface area contributed by atoms with E-state index >= 15 is 0 Å². The van der Waals surface area contributed by atoms with Crippen LogP contribution in [0.5, 0.6) is 0 Å². The lowest BCUT2D eigenvalue weighted by Crippen LogP contribution is -2.21. The van der Waals surface area contributed by atoms with Crippen LogP contribution in [0.4, 0.5) is 0 Å². The molecule has 0 saturated heterocycles. The van der Waals surface area contributed by atoms with Gasteiger partial charge in [0, 0.05) is 4.43 Å². The average Bonchev–Trinajstić information content (AvgIpc) is 2.57. The summed E-state index contributed by atoms with van der Waals surface area (Å²) in [6, 6.07) is 0. The number of halogens is 1. The maximum Gasteiger partial charge on any atom is 0.115 e. The number of alkyl halides is 1. The molecule has 2 aliphatic rings. The molecule has 2 rings (SSSR count). The Morgan fingerprint density at radius 1 is 1.35 bits per heavy atom. The van der Waals surface area contributed by atoms with E-state index in [1.54, 1.807) is 0 Å². The van der Waals surface area contributed by atoms with E-state index < -0.39 is 0 Å². The number of hydrogen-bond acceptors (Lipinski definition) is 1. The first-order chi connectivity index (χ1) is 11.2. The van der Waals surface area contributed by atoms with Crippen molar-refractivity contribution in [2.24, 2.45) is 11.8 Å². The van der Waals surface area contributed by atoms with Crippen LogP contribution in [0.25, 0.3) is 0 Å². The summed E-state index contributed by atoms with van der Waals surface area (Å²) in [7, 11) is 0. The van der Waals surface area contributed by atoms with Crippen LogP contribution in [0.3, 0.4) is 0 Å². The zero-order valence-electron chi connectivity index (χ0n) is 14.5. The molecule has 128 valence electrons. The van der Waals surface area contributed by atoms with Gasteiger partial charge in [0.15, 0.2) is 0 Å². The largest absolute Gasteiger partial charge is 0.491 e. The van der Waals surface area contributed by atoms with Gasteiger partial charge in [-0.05, 0) is 75.9 Å². The molecule has 2 heteroatoms. The van der Waals surface area contributed by atoms with Crippen molar-refractivity contribution in [3.8, 4) is 0 Å². The molecule has 0 heterocycles. The quantitative estimate of drug-likeness (QED) is 0.237. The lowest BCUT2D eigenvalue weighted by atomic mass is 9.84. The highest BCUT2D eigenvalue weighted by molar-refractivity contribution is 14.1. The first-order valence-corrected chi connectivity index (χ1v) is 10.6. The first kappa shape index (κ1) is 18.8. The second-order valence-corrected chi connectivity index (χ2v) is 7.90. The van der Waals surface area contributed by atoms with E-state index in [0.29, 0.717) is 12.0 Å². The molecule has 2 aliphatic carbocycles. The van der Waals surface area contributed by atoms with Crippen LogP contribution in [-0.2, 0) is 4.74 Å². The van der Waals surface area contributed by atoms with Gasteiger partial charge in [0.05, 0.1) is 6.10 Å². The van der Waals surface area contributed by atoms with Crippen molar-refractivity contribution in [1.82, 2.24) is 0 Å². The normalized spacial score (nSPS) is 28.3. The molecule has 1 nitrogen and oxygen atoms in total. The van der Waals surface area contributed by atoms with E-state index in [-0.39, 0.29) is 0 Å². The fourth-order valence-corrected chi connectivity index (χ4v) is 4.19. The molecule has 0 aromatic heterocycles. The van der Waals surface area contributed by atoms with Crippen molar-refractivity contribution in [3.63, 3.8) is 0 Å². The highest BCUT2D eigenvalue weighted by atomic mass is 127. The van der Waals surface area contributed by atoms with Crippen LogP contribution in [0.2, 0.25) is 0 Å². The summed E-state index contributed by atoms with van der Waals surface area (Å²) in [6.45, 7) is 5.97. The topological polar surface area (TPSA) is 9.23 Å². The van der Waals surface area contributed by atoms with Crippen molar-refractivity contribution < 1.29 is 4.74 Å². The summed E-state index contributed by atoms with van der Waals surface area (Å²) in [4.78, 5) is 0. The van der Waals surface area contributed by atoms with Gasteiger partial charge in [-0.25, -0.2) is 0 Å². The third-order valence-electron chi connectivity index (χ3n) is 5.04. The minimum absolute atomic E-state index is 0.445. The van der Waals surface area contributed by atoms with Gasteiger partial charge in [0.25, 0.3) is 0 Å². The Labute approximate surface area is 156 Å². The number of rotatable bonds is 8. The van der Waals surface area contributed by atoms with Crippen LogP contribution in [0.15, 0.2) is 48.3 Å². The summed E-state index contributed by atoms with van der Waals surface area (Å²) in [5.74, 6) is 2.72. The smallest absolute Gasteiger partial charge is 0.115 e. The number of allylic oxidation sites excluding steroid dienone is 6. The Bertz CT molecular complexity index is 452. The predicted molar refractivity (Wildman–Crippen MR) is 109 cm³/mol. The molecule has 0 aromatic carbocycles. The highest BCUT2D eigenvalue weighted by Gasteiger charge is 2.22. The second-order valence-electron chi connectivity index (χ2n) is 7.02. The molecule has 0 aliphatic heterocycles. The van der Waals surface area contributed by atoms with Gasteiger partial charge in [-0.2, -0.15) is 0 Å². The Morgan fingerprint density at radius 3 is 2.74 bits per heavy atom. The summed E-state index contributed by atoms with van der Waals surface area (Å²) in [6.07, 6.45) is 21.4. The zero-order chi connectivity index (χ0) is 16.5. The van der Waals surface area contributed by atoms with Gasteiger partial charge in [-0.1, -0.05) is 59.4 Å². The Hall–Kier alpha value is -0.510. The Morgan fingerprint density at radius 2 is 2.13 bits per heavy atom. The predicted octanol–water partition coefficient (Wildman–Crippen LogP) is 6.76.